The summed E-state index contributed by atoms with van der Waals surface area (Å²) in [5.41, 5.74) is 7.14. The fourth-order valence-electron chi connectivity index (χ4n) is 0.810. The van der Waals surface area contributed by atoms with Crippen LogP contribution >= 0.6 is 0 Å². The molecule has 88 valence electrons. The van der Waals surface area contributed by atoms with E-state index in [9.17, 15) is 9.59 Å². The van der Waals surface area contributed by atoms with Gasteiger partial charge in [-0.3, -0.25) is 4.79 Å². The molecule has 0 heterocycles. The van der Waals surface area contributed by atoms with E-state index in [0.29, 0.717) is 12.1 Å². The molecule has 0 spiro atoms. The first-order valence-corrected chi connectivity index (χ1v) is 4.94. The highest BCUT2D eigenvalue weighted by molar-refractivity contribution is 5.72. The van der Waals surface area contributed by atoms with Crippen molar-refractivity contribution in [2.45, 2.75) is 13.3 Å². The van der Waals surface area contributed by atoms with E-state index in [2.05, 4.69) is 0 Å². The molecule has 0 aliphatic carbocycles. The van der Waals surface area contributed by atoms with Gasteiger partial charge in [-0.15, -0.1) is 0 Å². The van der Waals surface area contributed by atoms with E-state index in [-0.39, 0.29) is 5.91 Å². The highest BCUT2D eigenvalue weighted by Gasteiger charge is 1.93. The van der Waals surface area contributed by atoms with Crippen LogP contribution in [0.1, 0.15) is 12.5 Å². The molecule has 4 nitrogen and oxygen atoms in total. The van der Waals surface area contributed by atoms with Crippen LogP contribution in [0.5, 0.6) is 0 Å². The number of aldehydes is 1. The monoisotopic (exact) mass is 222 g/mol. The van der Waals surface area contributed by atoms with E-state index < -0.39 is 0 Å². The standard InChI is InChI=1S/C8H9NO.C4H9NO/c9-8-4-2-1-3-7(8)5-6-10;1-4(6)5(2)3/h1-4,6H,5,9H2;1-3H3. The zero-order chi connectivity index (χ0) is 12.6. The van der Waals surface area contributed by atoms with Crippen molar-refractivity contribution in [1.29, 1.82) is 0 Å². The van der Waals surface area contributed by atoms with Gasteiger partial charge in [-0.05, 0) is 11.6 Å². The second kappa shape index (κ2) is 7.45. The number of hydrogen-bond acceptors (Lipinski definition) is 3. The minimum absolute atomic E-state index is 0.0926. The molecule has 16 heavy (non-hydrogen) atoms. The SMILES string of the molecule is CC(=O)N(C)C.Nc1ccccc1CC=O. The van der Waals surface area contributed by atoms with Gasteiger partial charge in [0.15, 0.2) is 0 Å². The number of benzene rings is 1. The third kappa shape index (κ3) is 5.80. The average molecular weight is 222 g/mol. The van der Waals surface area contributed by atoms with Crippen molar-refractivity contribution in [3.8, 4) is 0 Å². The van der Waals surface area contributed by atoms with Crippen LogP contribution in [-0.2, 0) is 16.0 Å². The number of nitrogens with two attached hydrogens (primary N) is 1. The molecule has 0 atom stereocenters. The molecule has 0 aromatic heterocycles. The lowest BCUT2D eigenvalue weighted by molar-refractivity contribution is -0.126. The van der Waals surface area contributed by atoms with Gasteiger partial charge >= 0.3 is 0 Å². The molecule has 0 saturated carbocycles. The van der Waals surface area contributed by atoms with E-state index in [1.807, 2.05) is 18.2 Å². The van der Waals surface area contributed by atoms with Crippen molar-refractivity contribution in [2.75, 3.05) is 19.8 Å². The zero-order valence-corrected chi connectivity index (χ0v) is 9.93. The van der Waals surface area contributed by atoms with Gasteiger partial charge in [0.05, 0.1) is 0 Å². The number of nitrogen functional groups attached to an aromatic ring is 1. The summed E-state index contributed by atoms with van der Waals surface area (Å²) < 4.78 is 0. The molecule has 4 heteroatoms. The van der Waals surface area contributed by atoms with Gasteiger partial charge in [0.2, 0.25) is 5.91 Å². The third-order valence-corrected chi connectivity index (χ3v) is 1.99. The van der Waals surface area contributed by atoms with Crippen molar-refractivity contribution < 1.29 is 9.59 Å². The van der Waals surface area contributed by atoms with Crippen LogP contribution in [-0.4, -0.2) is 31.2 Å². The number of carbonyl (C=O) groups is 2. The molecule has 1 aromatic rings. The van der Waals surface area contributed by atoms with Crippen LogP contribution in [0.15, 0.2) is 24.3 Å². The van der Waals surface area contributed by atoms with Crippen LogP contribution in [0.2, 0.25) is 0 Å². The Hall–Kier alpha value is -1.84. The first-order valence-electron chi connectivity index (χ1n) is 4.94. The van der Waals surface area contributed by atoms with Gasteiger partial charge in [0.25, 0.3) is 0 Å². The van der Waals surface area contributed by atoms with Crippen molar-refractivity contribution in [1.82, 2.24) is 4.90 Å². The minimum Gasteiger partial charge on any atom is -0.398 e. The number of hydrogen-bond donors (Lipinski definition) is 1. The lowest BCUT2D eigenvalue weighted by Gasteiger charge is -2.02. The summed E-state index contributed by atoms with van der Waals surface area (Å²) in [6, 6.07) is 7.36. The first-order chi connectivity index (χ1) is 7.49. The maximum Gasteiger partial charge on any atom is 0.218 e. The molecule has 1 rings (SSSR count). The maximum absolute atomic E-state index is 10.1. The van der Waals surface area contributed by atoms with E-state index in [1.54, 1.807) is 20.2 Å². The van der Waals surface area contributed by atoms with Crippen LogP contribution in [0.25, 0.3) is 0 Å². The summed E-state index contributed by atoms with van der Waals surface area (Å²) in [5, 5.41) is 0. The first kappa shape index (κ1) is 14.2. The molecule has 0 aliphatic rings. The fourth-order valence-corrected chi connectivity index (χ4v) is 0.810. The van der Waals surface area contributed by atoms with Gasteiger partial charge < -0.3 is 15.4 Å². The molecular weight excluding hydrogens is 204 g/mol. The molecule has 0 saturated heterocycles. The molecule has 0 radical (unpaired) electrons. The van der Waals surface area contributed by atoms with Crippen molar-refractivity contribution >= 4 is 17.9 Å². The van der Waals surface area contributed by atoms with Crippen molar-refractivity contribution in [3.05, 3.63) is 29.8 Å². The molecule has 2 N–H and O–H groups in total. The molecule has 0 unspecified atom stereocenters. The van der Waals surface area contributed by atoms with Gasteiger partial charge in [-0.25, -0.2) is 0 Å². The molecular formula is C12H18N2O2. The van der Waals surface area contributed by atoms with Gasteiger partial charge in [0.1, 0.15) is 6.29 Å². The summed E-state index contributed by atoms with van der Waals surface area (Å²) in [4.78, 5) is 21.7. The van der Waals surface area contributed by atoms with Gasteiger partial charge in [-0.2, -0.15) is 0 Å². The van der Waals surface area contributed by atoms with Crippen LogP contribution < -0.4 is 5.73 Å². The molecule has 0 aliphatic heterocycles. The summed E-state index contributed by atoms with van der Waals surface area (Å²) in [6.45, 7) is 1.53. The van der Waals surface area contributed by atoms with E-state index in [1.165, 1.54) is 11.8 Å². The summed E-state index contributed by atoms with van der Waals surface area (Å²) in [5.74, 6) is 0.0926. The fraction of sp³-hybridized carbons (Fsp3) is 0.333. The largest absolute Gasteiger partial charge is 0.398 e. The van der Waals surface area contributed by atoms with Crippen LogP contribution in [0.4, 0.5) is 5.69 Å². The molecule has 1 amide bonds. The molecule has 0 fully saturated rings. The lowest BCUT2D eigenvalue weighted by Crippen LogP contribution is -2.17. The number of amides is 1. The van der Waals surface area contributed by atoms with E-state index in [4.69, 9.17) is 5.73 Å². The number of carbonyl (C=O) groups excluding carboxylic acids is 2. The van der Waals surface area contributed by atoms with Crippen molar-refractivity contribution in [3.63, 3.8) is 0 Å². The Morgan fingerprint density at radius 3 is 2.25 bits per heavy atom. The maximum atomic E-state index is 10.1. The zero-order valence-electron chi connectivity index (χ0n) is 9.93. The van der Waals surface area contributed by atoms with Crippen LogP contribution in [0.3, 0.4) is 0 Å². The number of anilines is 1. The van der Waals surface area contributed by atoms with Gasteiger partial charge in [0, 0.05) is 33.1 Å². The third-order valence-electron chi connectivity index (χ3n) is 1.99. The Balaban J connectivity index is 0.000000325. The van der Waals surface area contributed by atoms with E-state index >= 15 is 0 Å². The highest BCUT2D eigenvalue weighted by atomic mass is 16.2. The quantitative estimate of drug-likeness (QED) is 0.602. The summed E-state index contributed by atoms with van der Waals surface area (Å²) >= 11 is 0. The Labute approximate surface area is 96.0 Å². The number of para-hydroxylation sites is 1. The Kier molecular flexibility index (Phi) is 6.59. The lowest BCUT2D eigenvalue weighted by atomic mass is 10.1. The van der Waals surface area contributed by atoms with E-state index in [0.717, 1.165) is 11.8 Å². The Bertz CT molecular complexity index is 349. The second-order valence-corrected chi connectivity index (χ2v) is 3.48. The molecule has 0 bridgehead atoms. The summed E-state index contributed by atoms with van der Waals surface area (Å²) in [7, 11) is 3.45. The summed E-state index contributed by atoms with van der Waals surface area (Å²) in [6.07, 6.45) is 1.26. The topological polar surface area (TPSA) is 63.4 Å². The van der Waals surface area contributed by atoms with Crippen molar-refractivity contribution in [2.24, 2.45) is 0 Å². The van der Waals surface area contributed by atoms with Crippen LogP contribution in [0, 0.1) is 0 Å². The number of nitrogens with zero attached hydrogens (tertiary/aromatic N) is 1. The smallest absolute Gasteiger partial charge is 0.218 e. The predicted octanol–water partition coefficient (Wildman–Crippen LogP) is 1.10. The predicted molar refractivity (Wildman–Crippen MR) is 65.0 cm³/mol. The second-order valence-electron chi connectivity index (χ2n) is 3.48. The number of rotatable bonds is 2. The Morgan fingerprint density at radius 1 is 1.38 bits per heavy atom. The normalized spacial score (nSPS) is 8.69. The average Bonchev–Trinajstić information content (AvgIpc) is 2.22. The Morgan fingerprint density at radius 2 is 1.88 bits per heavy atom. The van der Waals surface area contributed by atoms with Gasteiger partial charge in [-0.1, -0.05) is 18.2 Å². The molecule has 1 aromatic carbocycles. The highest BCUT2D eigenvalue weighted by Crippen LogP contribution is 2.09. The minimum atomic E-state index is 0.0926.